The first-order valence-corrected chi connectivity index (χ1v) is 6.29. The second-order valence-corrected chi connectivity index (χ2v) is 4.90. The van der Waals surface area contributed by atoms with E-state index in [2.05, 4.69) is 6.07 Å². The summed E-state index contributed by atoms with van der Waals surface area (Å²) in [5.74, 6) is 3.52. The number of hydrogen-bond donors (Lipinski definition) is 1. The highest BCUT2D eigenvalue weighted by Gasteiger charge is 2.31. The highest BCUT2D eigenvalue weighted by Crippen LogP contribution is 2.44. The van der Waals surface area contributed by atoms with Gasteiger partial charge in [-0.25, -0.2) is 0 Å². The fourth-order valence-corrected chi connectivity index (χ4v) is 2.50. The average Bonchev–Trinajstić information content (AvgIpc) is 3.10. The van der Waals surface area contributed by atoms with Gasteiger partial charge in [0.05, 0.1) is 0 Å². The van der Waals surface area contributed by atoms with Crippen molar-refractivity contribution in [2.75, 3.05) is 13.2 Å². The van der Waals surface area contributed by atoms with Gasteiger partial charge >= 0.3 is 0 Å². The van der Waals surface area contributed by atoms with Crippen LogP contribution in [0.3, 0.4) is 0 Å². The molecular formula is C13H19NO2. The van der Waals surface area contributed by atoms with Crippen LogP contribution in [0, 0.1) is 0 Å². The molecule has 16 heavy (non-hydrogen) atoms. The molecule has 0 radical (unpaired) electrons. The Bertz CT molecular complexity index is 362. The fourth-order valence-electron chi connectivity index (χ4n) is 2.50. The Morgan fingerprint density at radius 1 is 1.12 bits per heavy atom. The van der Waals surface area contributed by atoms with E-state index in [4.69, 9.17) is 14.9 Å². The molecule has 3 nitrogen and oxygen atoms in total. The Morgan fingerprint density at radius 2 is 1.88 bits per heavy atom. The van der Waals surface area contributed by atoms with Crippen molar-refractivity contribution >= 4 is 0 Å². The molecule has 2 fully saturated rings. The van der Waals surface area contributed by atoms with Crippen molar-refractivity contribution in [3.63, 3.8) is 0 Å². The molecule has 1 aromatic heterocycles. The van der Waals surface area contributed by atoms with E-state index in [9.17, 15) is 0 Å². The lowest BCUT2D eigenvalue weighted by molar-refractivity contribution is 0.0804. The Morgan fingerprint density at radius 3 is 2.50 bits per heavy atom. The quantitative estimate of drug-likeness (QED) is 0.853. The largest absolute Gasteiger partial charge is 0.465 e. The van der Waals surface area contributed by atoms with Gasteiger partial charge in [0.2, 0.25) is 0 Å². The third kappa shape index (κ3) is 1.89. The summed E-state index contributed by atoms with van der Waals surface area (Å²) in [6, 6.07) is 2.18. The van der Waals surface area contributed by atoms with Crippen LogP contribution in [0.1, 0.15) is 54.6 Å². The lowest BCUT2D eigenvalue weighted by Gasteiger charge is -2.19. The third-order valence-electron chi connectivity index (χ3n) is 3.65. The molecule has 1 aliphatic heterocycles. The average molecular weight is 221 g/mol. The Hall–Kier alpha value is -0.800. The zero-order valence-electron chi connectivity index (χ0n) is 9.58. The predicted molar refractivity (Wildman–Crippen MR) is 61.4 cm³/mol. The number of ether oxygens (including phenoxy) is 1. The van der Waals surface area contributed by atoms with Crippen LogP contribution >= 0.6 is 0 Å². The Labute approximate surface area is 96.0 Å². The maximum absolute atomic E-state index is 6.03. The molecule has 0 atom stereocenters. The van der Waals surface area contributed by atoms with E-state index >= 15 is 0 Å². The summed E-state index contributed by atoms with van der Waals surface area (Å²) in [6.45, 7) is 2.34. The van der Waals surface area contributed by atoms with Gasteiger partial charge in [0, 0.05) is 37.2 Å². The molecule has 3 heteroatoms. The van der Waals surface area contributed by atoms with Gasteiger partial charge in [-0.15, -0.1) is 0 Å². The van der Waals surface area contributed by atoms with E-state index in [0.29, 0.717) is 18.4 Å². The van der Waals surface area contributed by atoms with Crippen LogP contribution < -0.4 is 5.73 Å². The van der Waals surface area contributed by atoms with Crippen molar-refractivity contribution in [1.29, 1.82) is 0 Å². The summed E-state index contributed by atoms with van der Waals surface area (Å²) < 4.78 is 11.4. The van der Waals surface area contributed by atoms with Crippen molar-refractivity contribution in [2.45, 2.75) is 44.1 Å². The SMILES string of the molecule is NCc1cc(C2CCOCC2)oc1C1CC1. The molecular weight excluding hydrogens is 202 g/mol. The van der Waals surface area contributed by atoms with E-state index in [0.717, 1.165) is 31.8 Å². The van der Waals surface area contributed by atoms with E-state index < -0.39 is 0 Å². The molecule has 88 valence electrons. The molecule has 3 rings (SSSR count). The molecule has 1 saturated heterocycles. The molecule has 2 heterocycles. The minimum atomic E-state index is 0.548. The number of hydrogen-bond acceptors (Lipinski definition) is 3. The second-order valence-electron chi connectivity index (χ2n) is 4.90. The predicted octanol–water partition coefficient (Wildman–Crippen LogP) is 2.51. The summed E-state index contributed by atoms with van der Waals surface area (Å²) in [7, 11) is 0. The molecule has 0 aromatic carbocycles. The van der Waals surface area contributed by atoms with Gasteiger partial charge in [0.25, 0.3) is 0 Å². The van der Waals surface area contributed by atoms with Crippen LogP contribution in [0.25, 0.3) is 0 Å². The van der Waals surface area contributed by atoms with Crippen molar-refractivity contribution < 1.29 is 9.15 Å². The standard InChI is InChI=1S/C13H19NO2/c14-8-11-7-12(9-3-5-15-6-4-9)16-13(11)10-1-2-10/h7,9-10H,1-6,8,14H2. The minimum absolute atomic E-state index is 0.548. The van der Waals surface area contributed by atoms with Gasteiger partial charge < -0.3 is 14.9 Å². The summed E-state index contributed by atoms with van der Waals surface area (Å²) in [6.07, 6.45) is 4.71. The van der Waals surface area contributed by atoms with Crippen LogP contribution in [0.5, 0.6) is 0 Å². The molecule has 0 spiro atoms. The van der Waals surface area contributed by atoms with Crippen LogP contribution in [-0.2, 0) is 11.3 Å². The molecule has 1 aliphatic carbocycles. The second kappa shape index (κ2) is 4.22. The first-order valence-electron chi connectivity index (χ1n) is 6.29. The zero-order chi connectivity index (χ0) is 11.0. The molecule has 0 unspecified atom stereocenters. The number of furan rings is 1. The van der Waals surface area contributed by atoms with Crippen LogP contribution in [0.15, 0.2) is 10.5 Å². The lowest BCUT2D eigenvalue weighted by Crippen LogP contribution is -2.13. The molecule has 0 bridgehead atoms. The Kier molecular flexibility index (Phi) is 2.74. The maximum Gasteiger partial charge on any atom is 0.111 e. The van der Waals surface area contributed by atoms with Gasteiger partial charge in [-0.2, -0.15) is 0 Å². The topological polar surface area (TPSA) is 48.4 Å². The molecule has 1 saturated carbocycles. The van der Waals surface area contributed by atoms with Gasteiger partial charge in [-0.1, -0.05) is 0 Å². The molecule has 0 amide bonds. The fraction of sp³-hybridized carbons (Fsp3) is 0.692. The van der Waals surface area contributed by atoms with Crippen molar-refractivity contribution in [2.24, 2.45) is 5.73 Å². The zero-order valence-corrected chi connectivity index (χ0v) is 9.58. The lowest BCUT2D eigenvalue weighted by atomic mass is 9.97. The maximum atomic E-state index is 6.03. The smallest absolute Gasteiger partial charge is 0.111 e. The van der Waals surface area contributed by atoms with Crippen molar-refractivity contribution in [1.82, 2.24) is 0 Å². The third-order valence-corrected chi connectivity index (χ3v) is 3.65. The first-order chi connectivity index (χ1) is 7.88. The number of nitrogens with two attached hydrogens (primary N) is 1. The Balaban J connectivity index is 1.83. The monoisotopic (exact) mass is 221 g/mol. The molecule has 2 aliphatic rings. The number of rotatable bonds is 3. The summed E-state index contributed by atoms with van der Waals surface area (Å²) in [4.78, 5) is 0. The van der Waals surface area contributed by atoms with Crippen molar-refractivity contribution in [3.8, 4) is 0 Å². The first kappa shape index (κ1) is 10.4. The van der Waals surface area contributed by atoms with Crippen LogP contribution in [0.4, 0.5) is 0 Å². The summed E-state index contributed by atoms with van der Waals surface area (Å²) >= 11 is 0. The summed E-state index contributed by atoms with van der Waals surface area (Å²) in [5, 5.41) is 0. The van der Waals surface area contributed by atoms with E-state index in [1.54, 1.807) is 0 Å². The normalized spacial score (nSPS) is 22.6. The van der Waals surface area contributed by atoms with E-state index in [1.807, 2.05) is 0 Å². The molecule has 2 N–H and O–H groups in total. The van der Waals surface area contributed by atoms with Crippen LogP contribution in [0.2, 0.25) is 0 Å². The van der Waals surface area contributed by atoms with Gasteiger partial charge in [0.1, 0.15) is 11.5 Å². The van der Waals surface area contributed by atoms with E-state index in [-0.39, 0.29) is 0 Å². The van der Waals surface area contributed by atoms with Crippen LogP contribution in [-0.4, -0.2) is 13.2 Å². The van der Waals surface area contributed by atoms with Gasteiger partial charge in [-0.05, 0) is 31.7 Å². The molecule has 1 aromatic rings. The minimum Gasteiger partial charge on any atom is -0.465 e. The van der Waals surface area contributed by atoms with Crippen molar-refractivity contribution in [3.05, 3.63) is 23.2 Å². The summed E-state index contributed by atoms with van der Waals surface area (Å²) in [5.41, 5.74) is 7.00. The van der Waals surface area contributed by atoms with E-state index in [1.165, 1.54) is 24.2 Å². The highest BCUT2D eigenvalue weighted by atomic mass is 16.5. The highest BCUT2D eigenvalue weighted by molar-refractivity contribution is 5.29. The van der Waals surface area contributed by atoms with Gasteiger partial charge in [0.15, 0.2) is 0 Å². The van der Waals surface area contributed by atoms with Gasteiger partial charge in [-0.3, -0.25) is 0 Å².